The standard InChI is InChI=1S/C15H17FN2S/c1-10-2-5-12(6-13(10)16)14-9-19-15(18-14)8-17-7-11-3-4-11/h2,5-6,9,11,17H,3-4,7-8H2,1H3. The van der Waals surface area contributed by atoms with Crippen LogP contribution in [0.15, 0.2) is 23.6 Å². The molecule has 0 radical (unpaired) electrons. The molecule has 1 saturated carbocycles. The minimum atomic E-state index is -0.168. The summed E-state index contributed by atoms with van der Waals surface area (Å²) in [6.07, 6.45) is 2.72. The van der Waals surface area contributed by atoms with Crippen molar-refractivity contribution in [2.45, 2.75) is 26.3 Å². The zero-order chi connectivity index (χ0) is 13.2. The molecule has 100 valence electrons. The lowest BCUT2D eigenvalue weighted by molar-refractivity contribution is 0.619. The van der Waals surface area contributed by atoms with E-state index >= 15 is 0 Å². The summed E-state index contributed by atoms with van der Waals surface area (Å²) in [5.74, 6) is 0.713. The number of aryl methyl sites for hydroxylation is 1. The summed E-state index contributed by atoms with van der Waals surface area (Å²) in [4.78, 5) is 4.56. The van der Waals surface area contributed by atoms with E-state index in [1.54, 1.807) is 30.4 Å². The van der Waals surface area contributed by atoms with E-state index < -0.39 is 0 Å². The van der Waals surface area contributed by atoms with Crippen LogP contribution in [-0.4, -0.2) is 11.5 Å². The number of halogens is 1. The SMILES string of the molecule is Cc1ccc(-c2csc(CNCC3CC3)n2)cc1F. The highest BCUT2D eigenvalue weighted by atomic mass is 32.1. The van der Waals surface area contributed by atoms with Gasteiger partial charge < -0.3 is 5.32 Å². The van der Waals surface area contributed by atoms with Crippen LogP contribution in [0.5, 0.6) is 0 Å². The van der Waals surface area contributed by atoms with Crippen molar-refractivity contribution in [3.8, 4) is 11.3 Å². The second kappa shape index (κ2) is 5.39. The van der Waals surface area contributed by atoms with Gasteiger partial charge in [0.2, 0.25) is 0 Å². The summed E-state index contributed by atoms with van der Waals surface area (Å²) in [5.41, 5.74) is 2.39. The molecule has 0 amide bonds. The summed E-state index contributed by atoms with van der Waals surface area (Å²) in [6, 6.07) is 5.29. The van der Waals surface area contributed by atoms with Gasteiger partial charge >= 0.3 is 0 Å². The van der Waals surface area contributed by atoms with Crippen LogP contribution >= 0.6 is 11.3 Å². The van der Waals surface area contributed by atoms with E-state index in [1.165, 1.54) is 12.8 Å². The van der Waals surface area contributed by atoms with Crippen LogP contribution in [0.3, 0.4) is 0 Å². The number of hydrogen-bond donors (Lipinski definition) is 1. The highest BCUT2D eigenvalue weighted by Gasteiger charge is 2.20. The van der Waals surface area contributed by atoms with Crippen molar-refractivity contribution in [3.05, 3.63) is 40.0 Å². The summed E-state index contributed by atoms with van der Waals surface area (Å²) in [6.45, 7) is 3.68. The average Bonchev–Trinajstić information content (AvgIpc) is 3.10. The molecule has 1 aliphatic rings. The monoisotopic (exact) mass is 276 g/mol. The van der Waals surface area contributed by atoms with Gasteiger partial charge in [-0.2, -0.15) is 0 Å². The van der Waals surface area contributed by atoms with Crippen molar-refractivity contribution < 1.29 is 4.39 Å². The Kier molecular flexibility index (Phi) is 3.62. The number of benzene rings is 1. The summed E-state index contributed by atoms with van der Waals surface area (Å²) in [5, 5.41) is 6.49. The maximum absolute atomic E-state index is 13.5. The number of thiazole rings is 1. The Morgan fingerprint density at radius 3 is 3.00 bits per heavy atom. The Hall–Kier alpha value is -1.26. The normalized spacial score (nSPS) is 14.8. The first kappa shape index (κ1) is 12.8. The molecular formula is C15H17FN2S. The van der Waals surface area contributed by atoms with Crippen LogP contribution in [0.2, 0.25) is 0 Å². The Morgan fingerprint density at radius 2 is 2.26 bits per heavy atom. The molecule has 2 aromatic rings. The van der Waals surface area contributed by atoms with Gasteiger partial charge in [-0.1, -0.05) is 12.1 Å². The fourth-order valence-electron chi connectivity index (χ4n) is 1.98. The van der Waals surface area contributed by atoms with Gasteiger partial charge in [-0.3, -0.25) is 0 Å². The Bertz CT molecular complexity index is 575. The minimum absolute atomic E-state index is 0.168. The molecule has 4 heteroatoms. The quantitative estimate of drug-likeness (QED) is 0.899. The highest BCUT2D eigenvalue weighted by Crippen LogP contribution is 2.28. The summed E-state index contributed by atoms with van der Waals surface area (Å²) >= 11 is 1.63. The smallest absolute Gasteiger partial charge is 0.126 e. The van der Waals surface area contributed by atoms with E-state index in [2.05, 4.69) is 10.3 Å². The first-order chi connectivity index (χ1) is 9.22. The molecule has 0 spiro atoms. The van der Waals surface area contributed by atoms with Gasteiger partial charge in [-0.05, 0) is 43.9 Å². The Labute approximate surface area is 116 Å². The van der Waals surface area contributed by atoms with Crippen LogP contribution < -0.4 is 5.32 Å². The third-order valence-corrected chi connectivity index (χ3v) is 4.27. The predicted molar refractivity (Wildman–Crippen MR) is 76.7 cm³/mol. The molecular weight excluding hydrogens is 259 g/mol. The van der Waals surface area contributed by atoms with Crippen molar-refractivity contribution >= 4 is 11.3 Å². The van der Waals surface area contributed by atoms with Crippen molar-refractivity contribution in [2.24, 2.45) is 5.92 Å². The molecule has 0 aliphatic heterocycles. The lowest BCUT2D eigenvalue weighted by Crippen LogP contribution is -2.15. The summed E-state index contributed by atoms with van der Waals surface area (Å²) < 4.78 is 13.5. The number of nitrogens with one attached hydrogen (secondary N) is 1. The van der Waals surface area contributed by atoms with Crippen molar-refractivity contribution in [1.29, 1.82) is 0 Å². The first-order valence-corrected chi connectivity index (χ1v) is 7.52. The van der Waals surface area contributed by atoms with Gasteiger partial charge in [0.1, 0.15) is 10.8 Å². The highest BCUT2D eigenvalue weighted by molar-refractivity contribution is 7.09. The van der Waals surface area contributed by atoms with Gasteiger partial charge in [0.15, 0.2) is 0 Å². The third kappa shape index (κ3) is 3.19. The second-order valence-electron chi connectivity index (χ2n) is 5.16. The van der Waals surface area contributed by atoms with E-state index in [9.17, 15) is 4.39 Å². The lowest BCUT2D eigenvalue weighted by atomic mass is 10.1. The largest absolute Gasteiger partial charge is 0.310 e. The molecule has 1 aromatic carbocycles. The zero-order valence-corrected chi connectivity index (χ0v) is 11.8. The number of aromatic nitrogens is 1. The number of rotatable bonds is 5. The van der Waals surface area contributed by atoms with Crippen molar-refractivity contribution in [1.82, 2.24) is 10.3 Å². The molecule has 1 aromatic heterocycles. The zero-order valence-electron chi connectivity index (χ0n) is 10.9. The summed E-state index contributed by atoms with van der Waals surface area (Å²) in [7, 11) is 0. The third-order valence-electron chi connectivity index (χ3n) is 3.43. The molecule has 1 aliphatic carbocycles. The van der Waals surface area contributed by atoms with Gasteiger partial charge in [0.25, 0.3) is 0 Å². The Balaban J connectivity index is 1.67. The van der Waals surface area contributed by atoms with Gasteiger partial charge in [-0.25, -0.2) is 9.37 Å². The maximum Gasteiger partial charge on any atom is 0.126 e. The number of hydrogen-bond acceptors (Lipinski definition) is 3. The van der Waals surface area contributed by atoms with E-state index in [1.807, 2.05) is 11.4 Å². The lowest BCUT2D eigenvalue weighted by Gasteiger charge is -2.01. The topological polar surface area (TPSA) is 24.9 Å². The van der Waals surface area contributed by atoms with Crippen LogP contribution in [0.1, 0.15) is 23.4 Å². The molecule has 1 N–H and O–H groups in total. The fraction of sp³-hybridized carbons (Fsp3) is 0.400. The molecule has 0 atom stereocenters. The van der Waals surface area contributed by atoms with E-state index in [0.717, 1.165) is 35.3 Å². The Morgan fingerprint density at radius 1 is 1.42 bits per heavy atom. The minimum Gasteiger partial charge on any atom is -0.310 e. The second-order valence-corrected chi connectivity index (χ2v) is 6.11. The van der Waals surface area contributed by atoms with E-state index in [4.69, 9.17) is 0 Å². The first-order valence-electron chi connectivity index (χ1n) is 6.64. The molecule has 0 bridgehead atoms. The predicted octanol–water partition coefficient (Wildman–Crippen LogP) is 3.76. The molecule has 1 fully saturated rings. The van der Waals surface area contributed by atoms with E-state index in [-0.39, 0.29) is 5.82 Å². The fourth-order valence-corrected chi connectivity index (χ4v) is 2.75. The molecule has 0 unspecified atom stereocenters. The molecule has 1 heterocycles. The maximum atomic E-state index is 13.5. The molecule has 3 rings (SSSR count). The van der Waals surface area contributed by atoms with Crippen molar-refractivity contribution in [2.75, 3.05) is 6.54 Å². The van der Waals surface area contributed by atoms with Gasteiger partial charge in [0, 0.05) is 17.5 Å². The van der Waals surface area contributed by atoms with Gasteiger partial charge in [-0.15, -0.1) is 11.3 Å². The average molecular weight is 276 g/mol. The van der Waals surface area contributed by atoms with Crippen LogP contribution in [0.25, 0.3) is 11.3 Å². The molecule has 0 saturated heterocycles. The molecule has 2 nitrogen and oxygen atoms in total. The molecule has 19 heavy (non-hydrogen) atoms. The van der Waals surface area contributed by atoms with Gasteiger partial charge in [0.05, 0.1) is 5.69 Å². The van der Waals surface area contributed by atoms with E-state index in [0.29, 0.717) is 5.56 Å². The van der Waals surface area contributed by atoms with Crippen molar-refractivity contribution in [3.63, 3.8) is 0 Å². The number of nitrogens with zero attached hydrogens (tertiary/aromatic N) is 1. The van der Waals surface area contributed by atoms with Crippen LogP contribution in [0, 0.1) is 18.7 Å². The van der Waals surface area contributed by atoms with Crippen LogP contribution in [-0.2, 0) is 6.54 Å². The van der Waals surface area contributed by atoms with Crippen LogP contribution in [0.4, 0.5) is 4.39 Å².